The molecule has 2 atom stereocenters. The quantitative estimate of drug-likeness (QED) is 0.745. The third-order valence-electron chi connectivity index (χ3n) is 6.61. The predicted octanol–water partition coefficient (Wildman–Crippen LogP) is 1.97. The summed E-state index contributed by atoms with van der Waals surface area (Å²) in [6.45, 7) is 10.9. The van der Waals surface area contributed by atoms with Gasteiger partial charge < -0.3 is 15.5 Å². The second kappa shape index (κ2) is 6.70. The van der Waals surface area contributed by atoms with Crippen molar-refractivity contribution in [3.63, 3.8) is 0 Å². The fourth-order valence-corrected chi connectivity index (χ4v) is 4.83. The van der Waals surface area contributed by atoms with Gasteiger partial charge in [-0.15, -0.1) is 0 Å². The molecule has 4 fully saturated rings. The maximum Gasteiger partial charge on any atom is 0.227 e. The third-order valence-corrected chi connectivity index (χ3v) is 6.61. The molecule has 0 spiro atoms. The third kappa shape index (κ3) is 3.35. The van der Waals surface area contributed by atoms with E-state index in [9.17, 15) is 0 Å². The van der Waals surface area contributed by atoms with Crippen LogP contribution >= 0.6 is 0 Å². The van der Waals surface area contributed by atoms with Gasteiger partial charge in [0.05, 0.1) is 0 Å². The first-order valence-corrected chi connectivity index (χ1v) is 10.4. The average Bonchev–Trinajstić information content (AvgIpc) is 3.06. The Kier molecular flexibility index (Phi) is 4.28. The molecule has 0 aromatic carbocycles. The molecule has 6 rings (SSSR count). The van der Waals surface area contributed by atoms with E-state index in [0.29, 0.717) is 17.6 Å². The number of H-pyrrole nitrogens is 1. The smallest absolute Gasteiger partial charge is 0.227 e. The Labute approximate surface area is 166 Å². The number of piperazine rings is 1. The Bertz CT molecular complexity index is 838. The molecule has 0 radical (unpaired) electrons. The van der Waals surface area contributed by atoms with Gasteiger partial charge in [0, 0.05) is 67.3 Å². The van der Waals surface area contributed by atoms with Gasteiger partial charge >= 0.3 is 0 Å². The Balaban J connectivity index is 1.27. The SMILES string of the molecule is Cc1cc(Nc2cc(C)[nH]n2)nc(N2CCC(C)(N3CC4CC(C3)N4)CC2)n1. The molecule has 8 heteroatoms. The first kappa shape index (κ1) is 17.9. The van der Waals surface area contributed by atoms with Gasteiger partial charge in [0.25, 0.3) is 0 Å². The zero-order valence-electron chi connectivity index (χ0n) is 17.0. The van der Waals surface area contributed by atoms with E-state index >= 15 is 0 Å². The minimum atomic E-state index is 0.299. The van der Waals surface area contributed by atoms with E-state index in [-0.39, 0.29) is 0 Å². The van der Waals surface area contributed by atoms with Crippen LogP contribution in [0.25, 0.3) is 0 Å². The summed E-state index contributed by atoms with van der Waals surface area (Å²) in [5.41, 5.74) is 2.29. The zero-order valence-corrected chi connectivity index (χ0v) is 17.0. The lowest BCUT2D eigenvalue weighted by molar-refractivity contribution is -0.0114. The molecule has 0 amide bonds. The minimum absolute atomic E-state index is 0.299. The molecule has 2 bridgehead atoms. The van der Waals surface area contributed by atoms with Crippen LogP contribution in [0.4, 0.5) is 17.6 Å². The highest BCUT2D eigenvalue weighted by atomic mass is 15.3. The molecule has 4 aliphatic heterocycles. The number of anilines is 3. The number of hydrogen-bond donors (Lipinski definition) is 3. The highest BCUT2D eigenvalue weighted by molar-refractivity contribution is 5.54. The van der Waals surface area contributed by atoms with Gasteiger partial charge in [0.1, 0.15) is 5.82 Å². The molecule has 3 N–H and O–H groups in total. The van der Waals surface area contributed by atoms with Crippen LogP contribution in [0, 0.1) is 13.8 Å². The molecule has 0 saturated carbocycles. The first-order valence-electron chi connectivity index (χ1n) is 10.4. The number of rotatable bonds is 4. The number of aromatic nitrogens is 4. The molecule has 4 aliphatic rings. The lowest BCUT2D eigenvalue weighted by atomic mass is 9.82. The van der Waals surface area contributed by atoms with Crippen LogP contribution in [0.1, 0.15) is 37.6 Å². The van der Waals surface area contributed by atoms with Crippen LogP contribution in [-0.4, -0.2) is 68.9 Å². The highest BCUT2D eigenvalue weighted by Gasteiger charge is 2.44. The summed E-state index contributed by atoms with van der Waals surface area (Å²) in [7, 11) is 0. The van der Waals surface area contributed by atoms with Gasteiger partial charge in [-0.1, -0.05) is 0 Å². The van der Waals surface area contributed by atoms with Gasteiger partial charge in [0.2, 0.25) is 5.95 Å². The molecule has 2 aromatic rings. The van der Waals surface area contributed by atoms with E-state index < -0.39 is 0 Å². The van der Waals surface area contributed by atoms with Crippen LogP contribution in [0.5, 0.6) is 0 Å². The Morgan fingerprint density at radius 1 is 1.07 bits per heavy atom. The van der Waals surface area contributed by atoms with Crippen molar-refractivity contribution in [3.05, 3.63) is 23.5 Å². The monoisotopic (exact) mass is 382 g/mol. The van der Waals surface area contributed by atoms with Crippen LogP contribution in [0.15, 0.2) is 12.1 Å². The van der Waals surface area contributed by atoms with Crippen molar-refractivity contribution in [1.29, 1.82) is 0 Å². The van der Waals surface area contributed by atoms with E-state index in [1.54, 1.807) is 0 Å². The van der Waals surface area contributed by atoms with Gasteiger partial charge in [-0.2, -0.15) is 10.1 Å². The standard InChI is InChI=1S/C20H30N8/c1-13-8-17(23-18-9-14(2)25-26-18)24-19(21-13)27-6-4-20(3,5-7-27)28-11-15-10-16(12-28)22-15/h8-9,15-16,22H,4-7,10-12H2,1-3H3,(H2,21,23,24,25,26). The number of piperidine rings is 2. The molecular weight excluding hydrogens is 352 g/mol. The summed E-state index contributed by atoms with van der Waals surface area (Å²) in [6.07, 6.45) is 3.68. The molecule has 2 aromatic heterocycles. The second-order valence-electron chi connectivity index (χ2n) is 8.94. The number of hydrogen-bond acceptors (Lipinski definition) is 7. The molecule has 2 unspecified atom stereocenters. The Morgan fingerprint density at radius 3 is 2.43 bits per heavy atom. The van der Waals surface area contributed by atoms with E-state index in [4.69, 9.17) is 9.97 Å². The zero-order chi connectivity index (χ0) is 19.3. The van der Waals surface area contributed by atoms with Crippen molar-refractivity contribution >= 4 is 17.6 Å². The molecule has 4 saturated heterocycles. The van der Waals surface area contributed by atoms with Crippen molar-refractivity contribution in [3.8, 4) is 0 Å². The number of nitrogens with one attached hydrogen (secondary N) is 3. The summed E-state index contributed by atoms with van der Waals surface area (Å²) in [4.78, 5) is 14.5. The second-order valence-corrected chi connectivity index (χ2v) is 8.94. The minimum Gasteiger partial charge on any atom is -0.341 e. The van der Waals surface area contributed by atoms with Gasteiger partial charge in [-0.25, -0.2) is 4.98 Å². The van der Waals surface area contributed by atoms with Gasteiger partial charge in [0.15, 0.2) is 5.82 Å². The lowest BCUT2D eigenvalue weighted by Gasteiger charge is -2.56. The van der Waals surface area contributed by atoms with E-state index in [0.717, 1.165) is 54.9 Å². The number of nitrogens with zero attached hydrogens (tertiary/aromatic N) is 5. The molecule has 8 nitrogen and oxygen atoms in total. The van der Waals surface area contributed by atoms with Crippen molar-refractivity contribution in [2.45, 2.75) is 57.7 Å². The Hall–Kier alpha value is -2.19. The predicted molar refractivity (Wildman–Crippen MR) is 110 cm³/mol. The van der Waals surface area contributed by atoms with Crippen molar-refractivity contribution in [2.24, 2.45) is 0 Å². The maximum absolute atomic E-state index is 4.77. The number of aromatic amines is 1. The van der Waals surface area contributed by atoms with Crippen LogP contribution in [-0.2, 0) is 0 Å². The van der Waals surface area contributed by atoms with Crippen LogP contribution < -0.4 is 15.5 Å². The van der Waals surface area contributed by atoms with Gasteiger partial charge in [-0.05, 0) is 40.0 Å². The fourth-order valence-electron chi connectivity index (χ4n) is 4.83. The van der Waals surface area contributed by atoms with E-state index in [1.807, 2.05) is 26.0 Å². The summed E-state index contributed by atoms with van der Waals surface area (Å²) < 4.78 is 0. The average molecular weight is 383 g/mol. The number of aryl methyl sites for hydroxylation is 2. The van der Waals surface area contributed by atoms with Crippen molar-refractivity contribution in [1.82, 2.24) is 30.4 Å². The number of fused-ring (bicyclic) bond motifs is 2. The highest BCUT2D eigenvalue weighted by Crippen LogP contribution is 2.35. The Morgan fingerprint density at radius 2 is 1.79 bits per heavy atom. The maximum atomic E-state index is 4.77. The largest absolute Gasteiger partial charge is 0.341 e. The molecule has 28 heavy (non-hydrogen) atoms. The topological polar surface area (TPSA) is 85.0 Å². The lowest BCUT2D eigenvalue weighted by Crippen LogP contribution is -2.71. The van der Waals surface area contributed by atoms with Crippen LogP contribution in [0.3, 0.4) is 0 Å². The van der Waals surface area contributed by atoms with Gasteiger partial charge in [-0.3, -0.25) is 10.00 Å². The first-order chi connectivity index (χ1) is 13.5. The van der Waals surface area contributed by atoms with Crippen molar-refractivity contribution < 1.29 is 0 Å². The van der Waals surface area contributed by atoms with E-state index in [1.165, 1.54) is 19.5 Å². The van der Waals surface area contributed by atoms with Crippen molar-refractivity contribution in [2.75, 3.05) is 36.4 Å². The van der Waals surface area contributed by atoms with E-state index in [2.05, 4.69) is 37.6 Å². The van der Waals surface area contributed by atoms with Crippen LogP contribution in [0.2, 0.25) is 0 Å². The summed E-state index contributed by atoms with van der Waals surface area (Å²) >= 11 is 0. The molecular formula is C20H30N8. The normalized spacial score (nSPS) is 26.8. The fraction of sp³-hybridized carbons (Fsp3) is 0.650. The molecule has 150 valence electrons. The summed E-state index contributed by atoms with van der Waals surface area (Å²) in [6, 6.07) is 5.37. The summed E-state index contributed by atoms with van der Waals surface area (Å²) in [5, 5.41) is 14.1. The summed E-state index contributed by atoms with van der Waals surface area (Å²) in [5.74, 6) is 2.40. The molecule has 6 heterocycles. The molecule has 0 aliphatic carbocycles.